The molecule has 0 saturated heterocycles. The SMILES string of the molecule is CCCCCCCCCCC(=O)NN=Cc1ccc(O)cc1O. The smallest absolute Gasteiger partial charge is 0.240 e. The second-order valence-corrected chi connectivity index (χ2v) is 5.76. The van der Waals surface area contributed by atoms with E-state index in [2.05, 4.69) is 17.5 Å². The lowest BCUT2D eigenvalue weighted by Crippen LogP contribution is -2.16. The van der Waals surface area contributed by atoms with E-state index in [1.54, 1.807) is 0 Å². The molecule has 0 aliphatic carbocycles. The molecule has 0 aliphatic rings. The van der Waals surface area contributed by atoms with Crippen molar-refractivity contribution >= 4 is 12.1 Å². The number of carbonyl (C=O) groups excluding carboxylic acids is 1. The topological polar surface area (TPSA) is 81.9 Å². The zero-order valence-electron chi connectivity index (χ0n) is 13.9. The van der Waals surface area contributed by atoms with Gasteiger partial charge in [0.25, 0.3) is 0 Å². The predicted octanol–water partition coefficient (Wildman–Crippen LogP) is 4.08. The van der Waals surface area contributed by atoms with Gasteiger partial charge >= 0.3 is 0 Å². The number of hydrogen-bond acceptors (Lipinski definition) is 4. The summed E-state index contributed by atoms with van der Waals surface area (Å²) < 4.78 is 0. The first-order valence-corrected chi connectivity index (χ1v) is 8.47. The molecule has 3 N–H and O–H groups in total. The van der Waals surface area contributed by atoms with Crippen LogP contribution in [0, 0.1) is 0 Å². The Kier molecular flexibility index (Phi) is 9.52. The van der Waals surface area contributed by atoms with Crippen LogP contribution in [0.25, 0.3) is 0 Å². The Labute approximate surface area is 138 Å². The highest BCUT2D eigenvalue weighted by molar-refractivity contribution is 5.85. The fourth-order valence-corrected chi connectivity index (χ4v) is 2.29. The molecule has 1 rings (SSSR count). The lowest BCUT2D eigenvalue weighted by atomic mass is 10.1. The van der Waals surface area contributed by atoms with Crippen LogP contribution in [-0.4, -0.2) is 22.3 Å². The zero-order valence-corrected chi connectivity index (χ0v) is 13.9. The highest BCUT2D eigenvalue weighted by Gasteiger charge is 2.01. The van der Waals surface area contributed by atoms with Crippen molar-refractivity contribution in [2.24, 2.45) is 5.10 Å². The molecule has 0 saturated carbocycles. The lowest BCUT2D eigenvalue weighted by Gasteiger charge is -2.02. The molecule has 0 unspecified atom stereocenters. The summed E-state index contributed by atoms with van der Waals surface area (Å²) >= 11 is 0. The van der Waals surface area contributed by atoms with Gasteiger partial charge in [-0.05, 0) is 18.6 Å². The van der Waals surface area contributed by atoms with Crippen molar-refractivity contribution in [1.29, 1.82) is 0 Å². The molecule has 0 heterocycles. The summed E-state index contributed by atoms with van der Waals surface area (Å²) in [6.07, 6.45) is 11.4. The first-order valence-electron chi connectivity index (χ1n) is 8.47. The molecular weight excluding hydrogens is 292 g/mol. The number of hydrazone groups is 1. The predicted molar refractivity (Wildman–Crippen MR) is 92.7 cm³/mol. The van der Waals surface area contributed by atoms with Gasteiger partial charge < -0.3 is 10.2 Å². The standard InChI is InChI=1S/C18H28N2O3/c1-2-3-4-5-6-7-8-9-10-18(23)20-19-14-15-11-12-16(21)13-17(15)22/h11-14,21-22H,2-10H2,1H3,(H,20,23). The molecule has 128 valence electrons. The van der Waals surface area contributed by atoms with Gasteiger partial charge in [-0.2, -0.15) is 5.10 Å². The first kappa shape index (κ1) is 19.0. The van der Waals surface area contributed by atoms with Crippen molar-refractivity contribution in [1.82, 2.24) is 5.43 Å². The number of benzene rings is 1. The molecule has 0 bridgehead atoms. The Morgan fingerprint density at radius 1 is 1.09 bits per heavy atom. The van der Waals surface area contributed by atoms with E-state index in [1.165, 1.54) is 62.9 Å². The minimum Gasteiger partial charge on any atom is -0.508 e. The van der Waals surface area contributed by atoms with E-state index in [-0.39, 0.29) is 17.4 Å². The molecule has 5 nitrogen and oxygen atoms in total. The fraction of sp³-hybridized carbons (Fsp3) is 0.556. The molecule has 0 aliphatic heterocycles. The van der Waals surface area contributed by atoms with Crippen LogP contribution < -0.4 is 5.43 Å². The lowest BCUT2D eigenvalue weighted by molar-refractivity contribution is -0.121. The van der Waals surface area contributed by atoms with E-state index in [0.717, 1.165) is 12.8 Å². The van der Waals surface area contributed by atoms with Gasteiger partial charge in [-0.3, -0.25) is 4.79 Å². The van der Waals surface area contributed by atoms with Gasteiger partial charge in [0.15, 0.2) is 0 Å². The van der Waals surface area contributed by atoms with Crippen molar-refractivity contribution in [3.8, 4) is 11.5 Å². The number of aromatic hydroxyl groups is 2. The molecule has 5 heteroatoms. The average Bonchev–Trinajstić information content (AvgIpc) is 2.52. The fourth-order valence-electron chi connectivity index (χ4n) is 2.29. The van der Waals surface area contributed by atoms with Crippen LogP contribution in [0.2, 0.25) is 0 Å². The van der Waals surface area contributed by atoms with Crippen molar-refractivity contribution in [3.05, 3.63) is 23.8 Å². The van der Waals surface area contributed by atoms with Gasteiger partial charge in [-0.15, -0.1) is 0 Å². The van der Waals surface area contributed by atoms with E-state index < -0.39 is 0 Å². The van der Waals surface area contributed by atoms with Crippen LogP contribution in [0.1, 0.15) is 70.3 Å². The number of hydrogen-bond donors (Lipinski definition) is 3. The van der Waals surface area contributed by atoms with Gasteiger partial charge in [-0.1, -0.05) is 51.9 Å². The molecule has 1 aromatic carbocycles. The number of rotatable bonds is 11. The number of unbranched alkanes of at least 4 members (excludes halogenated alkanes) is 7. The van der Waals surface area contributed by atoms with Crippen LogP contribution in [0.15, 0.2) is 23.3 Å². The van der Waals surface area contributed by atoms with Gasteiger partial charge in [0.05, 0.1) is 6.21 Å². The Morgan fingerprint density at radius 3 is 2.39 bits per heavy atom. The number of nitrogens with zero attached hydrogens (tertiary/aromatic N) is 1. The van der Waals surface area contributed by atoms with E-state index >= 15 is 0 Å². The Hall–Kier alpha value is -2.04. The molecule has 1 amide bonds. The molecule has 1 aromatic rings. The average molecular weight is 320 g/mol. The molecule has 0 radical (unpaired) electrons. The summed E-state index contributed by atoms with van der Waals surface area (Å²) in [6.45, 7) is 2.21. The van der Waals surface area contributed by atoms with Crippen LogP contribution in [-0.2, 0) is 4.79 Å². The highest BCUT2D eigenvalue weighted by atomic mass is 16.3. The maximum Gasteiger partial charge on any atom is 0.240 e. The minimum atomic E-state index is -0.120. The number of carbonyl (C=O) groups is 1. The third-order valence-electron chi connectivity index (χ3n) is 3.66. The molecule has 0 fully saturated rings. The second-order valence-electron chi connectivity index (χ2n) is 5.76. The van der Waals surface area contributed by atoms with Crippen molar-refractivity contribution in [2.75, 3.05) is 0 Å². The third kappa shape index (κ3) is 8.86. The maximum absolute atomic E-state index is 11.6. The Bertz CT molecular complexity index is 501. The van der Waals surface area contributed by atoms with Crippen molar-refractivity contribution in [2.45, 2.75) is 64.7 Å². The van der Waals surface area contributed by atoms with Crippen molar-refractivity contribution < 1.29 is 15.0 Å². The summed E-state index contributed by atoms with van der Waals surface area (Å²) in [5.41, 5.74) is 2.89. The van der Waals surface area contributed by atoms with Crippen LogP contribution in [0.5, 0.6) is 11.5 Å². The zero-order chi connectivity index (χ0) is 16.9. The molecular formula is C18H28N2O3. The van der Waals surface area contributed by atoms with Crippen LogP contribution >= 0.6 is 0 Å². The van der Waals surface area contributed by atoms with Gasteiger partial charge in [0.2, 0.25) is 5.91 Å². The van der Waals surface area contributed by atoms with Gasteiger partial charge in [0, 0.05) is 18.1 Å². The summed E-state index contributed by atoms with van der Waals surface area (Å²) in [4.78, 5) is 11.6. The van der Waals surface area contributed by atoms with E-state index in [1.807, 2.05) is 0 Å². The molecule has 0 spiro atoms. The summed E-state index contributed by atoms with van der Waals surface area (Å²) in [6, 6.07) is 4.20. The second kappa shape index (κ2) is 11.5. The number of nitrogens with one attached hydrogen (secondary N) is 1. The molecule has 0 atom stereocenters. The van der Waals surface area contributed by atoms with Crippen LogP contribution in [0.3, 0.4) is 0 Å². The minimum absolute atomic E-state index is 0.0154. The number of amides is 1. The van der Waals surface area contributed by atoms with E-state index in [4.69, 9.17) is 0 Å². The maximum atomic E-state index is 11.6. The number of phenols is 2. The molecule has 23 heavy (non-hydrogen) atoms. The quantitative estimate of drug-likeness (QED) is 0.326. The third-order valence-corrected chi connectivity index (χ3v) is 3.66. The van der Waals surface area contributed by atoms with Crippen molar-refractivity contribution in [3.63, 3.8) is 0 Å². The summed E-state index contributed by atoms with van der Waals surface area (Å²) in [5.74, 6) is -0.213. The van der Waals surface area contributed by atoms with E-state index in [0.29, 0.717) is 12.0 Å². The first-order chi connectivity index (χ1) is 11.1. The van der Waals surface area contributed by atoms with Gasteiger partial charge in [0.1, 0.15) is 11.5 Å². The Morgan fingerprint density at radius 2 is 1.74 bits per heavy atom. The highest BCUT2D eigenvalue weighted by Crippen LogP contribution is 2.20. The van der Waals surface area contributed by atoms with E-state index in [9.17, 15) is 15.0 Å². The summed E-state index contributed by atoms with van der Waals surface area (Å²) in [7, 11) is 0. The summed E-state index contributed by atoms with van der Waals surface area (Å²) in [5, 5.41) is 22.6. The van der Waals surface area contributed by atoms with Crippen LogP contribution in [0.4, 0.5) is 0 Å². The number of phenolic OH excluding ortho intramolecular Hbond substituents is 2. The largest absolute Gasteiger partial charge is 0.508 e. The normalized spacial score (nSPS) is 11.0. The Balaban J connectivity index is 2.11. The van der Waals surface area contributed by atoms with Gasteiger partial charge in [-0.25, -0.2) is 5.43 Å². The monoisotopic (exact) mass is 320 g/mol. The molecule has 0 aromatic heterocycles.